The zero-order chi connectivity index (χ0) is 13.9. The highest BCUT2D eigenvalue weighted by molar-refractivity contribution is 8.07. The number of rotatable bonds is 4. The van der Waals surface area contributed by atoms with Crippen LogP contribution in [-0.4, -0.2) is 34.7 Å². The molecule has 0 saturated carbocycles. The van der Waals surface area contributed by atoms with Crippen molar-refractivity contribution < 1.29 is 4.74 Å². The number of hydrogen-bond donors (Lipinski definition) is 1. The van der Waals surface area contributed by atoms with Crippen LogP contribution in [-0.2, 0) is 12.8 Å². The third-order valence-electron chi connectivity index (χ3n) is 4.18. The Morgan fingerprint density at radius 3 is 3.05 bits per heavy atom. The van der Waals surface area contributed by atoms with Gasteiger partial charge in [0, 0.05) is 34.5 Å². The summed E-state index contributed by atoms with van der Waals surface area (Å²) in [6, 6.07) is 6.94. The number of fused-ring (bicyclic) bond motifs is 1. The second kappa shape index (κ2) is 6.63. The summed E-state index contributed by atoms with van der Waals surface area (Å²) in [6.45, 7) is 3.17. The summed E-state index contributed by atoms with van der Waals surface area (Å²) in [6.07, 6.45) is 3.23. The molecule has 3 rings (SSSR count). The van der Waals surface area contributed by atoms with Crippen LogP contribution in [0.1, 0.15) is 24.5 Å². The summed E-state index contributed by atoms with van der Waals surface area (Å²) < 4.78 is 5.56. The summed E-state index contributed by atoms with van der Waals surface area (Å²) in [5, 5.41) is 1.31. The molecule has 20 heavy (non-hydrogen) atoms. The zero-order valence-electron chi connectivity index (χ0n) is 12.0. The molecule has 3 unspecified atom stereocenters. The predicted molar refractivity (Wildman–Crippen MR) is 90.1 cm³/mol. The summed E-state index contributed by atoms with van der Waals surface area (Å²) in [5.41, 5.74) is 9.22. The van der Waals surface area contributed by atoms with Gasteiger partial charge in [-0.2, -0.15) is 23.5 Å². The van der Waals surface area contributed by atoms with Crippen LogP contribution in [0.4, 0.5) is 0 Å². The molecule has 2 aliphatic rings. The van der Waals surface area contributed by atoms with Crippen LogP contribution >= 0.6 is 23.5 Å². The quantitative estimate of drug-likeness (QED) is 0.927. The third-order valence-corrected chi connectivity index (χ3v) is 7.45. The van der Waals surface area contributed by atoms with Gasteiger partial charge in [-0.15, -0.1) is 0 Å². The lowest BCUT2D eigenvalue weighted by Gasteiger charge is -2.32. The Bertz CT molecular complexity index is 466. The van der Waals surface area contributed by atoms with E-state index in [0.717, 1.165) is 31.6 Å². The van der Waals surface area contributed by atoms with Gasteiger partial charge in [0.25, 0.3) is 0 Å². The second-order valence-corrected chi connectivity index (χ2v) is 8.43. The molecule has 3 atom stereocenters. The second-order valence-electron chi connectivity index (χ2n) is 5.65. The van der Waals surface area contributed by atoms with Gasteiger partial charge in [0.05, 0.1) is 6.61 Å². The van der Waals surface area contributed by atoms with Gasteiger partial charge >= 0.3 is 0 Å². The fraction of sp³-hybridized carbons (Fsp3) is 0.625. The Hall–Kier alpha value is -0.320. The summed E-state index contributed by atoms with van der Waals surface area (Å²) in [4.78, 5) is 0. The van der Waals surface area contributed by atoms with E-state index in [1.54, 1.807) is 0 Å². The van der Waals surface area contributed by atoms with E-state index < -0.39 is 0 Å². The zero-order valence-corrected chi connectivity index (χ0v) is 13.6. The summed E-state index contributed by atoms with van der Waals surface area (Å²) >= 11 is 4.14. The van der Waals surface area contributed by atoms with Crippen molar-refractivity contribution in [3.8, 4) is 5.75 Å². The van der Waals surface area contributed by atoms with Crippen LogP contribution in [0.3, 0.4) is 0 Å². The molecule has 0 bridgehead atoms. The van der Waals surface area contributed by atoms with Gasteiger partial charge in [0.2, 0.25) is 0 Å². The fourth-order valence-corrected chi connectivity index (χ4v) is 5.94. The van der Waals surface area contributed by atoms with Crippen molar-refractivity contribution >= 4 is 23.5 Å². The van der Waals surface area contributed by atoms with E-state index in [1.807, 2.05) is 0 Å². The van der Waals surface area contributed by atoms with E-state index in [-0.39, 0.29) is 0 Å². The predicted octanol–water partition coefficient (Wildman–Crippen LogP) is 3.12. The van der Waals surface area contributed by atoms with Gasteiger partial charge in [0.1, 0.15) is 5.75 Å². The van der Waals surface area contributed by atoms with Gasteiger partial charge < -0.3 is 10.5 Å². The summed E-state index contributed by atoms with van der Waals surface area (Å²) in [7, 11) is 0. The number of ether oxygens (including phenoxy) is 1. The molecule has 0 aromatic heterocycles. The Morgan fingerprint density at radius 2 is 2.20 bits per heavy atom. The van der Waals surface area contributed by atoms with Crippen molar-refractivity contribution in [3.63, 3.8) is 0 Å². The van der Waals surface area contributed by atoms with E-state index in [1.165, 1.54) is 22.6 Å². The molecule has 110 valence electrons. The average Bonchev–Trinajstić information content (AvgIpc) is 2.92. The van der Waals surface area contributed by atoms with Gasteiger partial charge in [-0.25, -0.2) is 0 Å². The lowest BCUT2D eigenvalue weighted by Crippen LogP contribution is -2.41. The first-order chi connectivity index (χ1) is 9.74. The Kier molecular flexibility index (Phi) is 4.84. The normalized spacial score (nSPS) is 26.9. The topological polar surface area (TPSA) is 35.2 Å². The number of thioether (sulfide) groups is 2. The van der Waals surface area contributed by atoms with Crippen molar-refractivity contribution in [3.05, 3.63) is 29.3 Å². The molecule has 0 radical (unpaired) electrons. The number of nitrogens with two attached hydrogens (primary N) is 1. The van der Waals surface area contributed by atoms with Gasteiger partial charge in [-0.05, 0) is 30.0 Å². The SMILES string of the molecule is CC1SCCSC1C(N)CCc1ccc2c(c1)CCO2. The van der Waals surface area contributed by atoms with Crippen LogP contribution in [0, 0.1) is 0 Å². The first kappa shape index (κ1) is 14.6. The van der Waals surface area contributed by atoms with Crippen molar-refractivity contribution in [1.82, 2.24) is 0 Å². The summed E-state index contributed by atoms with van der Waals surface area (Å²) in [5.74, 6) is 3.61. The smallest absolute Gasteiger partial charge is 0.122 e. The Morgan fingerprint density at radius 1 is 1.35 bits per heavy atom. The van der Waals surface area contributed by atoms with E-state index in [9.17, 15) is 0 Å². The van der Waals surface area contributed by atoms with E-state index in [2.05, 4.69) is 48.6 Å². The highest BCUT2D eigenvalue weighted by Gasteiger charge is 2.27. The van der Waals surface area contributed by atoms with Crippen LogP contribution in [0.5, 0.6) is 5.75 Å². The maximum atomic E-state index is 6.44. The van der Waals surface area contributed by atoms with Crippen LogP contribution in [0.25, 0.3) is 0 Å². The minimum Gasteiger partial charge on any atom is -0.493 e. The molecule has 2 heterocycles. The third kappa shape index (κ3) is 3.29. The molecule has 4 heteroatoms. The van der Waals surface area contributed by atoms with Crippen molar-refractivity contribution in [2.45, 2.75) is 42.7 Å². The van der Waals surface area contributed by atoms with E-state index in [0.29, 0.717) is 16.5 Å². The minimum absolute atomic E-state index is 0.312. The molecule has 2 nitrogen and oxygen atoms in total. The Balaban J connectivity index is 1.56. The lowest BCUT2D eigenvalue weighted by atomic mass is 10.00. The van der Waals surface area contributed by atoms with Crippen molar-refractivity contribution in [1.29, 1.82) is 0 Å². The monoisotopic (exact) mass is 309 g/mol. The molecular formula is C16H23NOS2. The number of aryl methyl sites for hydroxylation is 1. The maximum absolute atomic E-state index is 6.44. The highest BCUT2D eigenvalue weighted by atomic mass is 32.2. The van der Waals surface area contributed by atoms with E-state index in [4.69, 9.17) is 10.5 Å². The fourth-order valence-electron chi connectivity index (χ4n) is 3.01. The molecule has 1 aromatic carbocycles. The van der Waals surface area contributed by atoms with Crippen LogP contribution in [0.2, 0.25) is 0 Å². The first-order valence-corrected chi connectivity index (χ1v) is 9.57. The molecule has 1 aromatic rings. The minimum atomic E-state index is 0.312. The Labute approximate surface area is 130 Å². The molecule has 1 saturated heterocycles. The first-order valence-electron chi connectivity index (χ1n) is 7.47. The van der Waals surface area contributed by atoms with Gasteiger partial charge in [-0.3, -0.25) is 0 Å². The van der Waals surface area contributed by atoms with E-state index >= 15 is 0 Å². The van der Waals surface area contributed by atoms with Gasteiger partial charge in [0.15, 0.2) is 0 Å². The van der Waals surface area contributed by atoms with Crippen molar-refractivity contribution in [2.24, 2.45) is 5.73 Å². The largest absolute Gasteiger partial charge is 0.493 e. The molecule has 2 N–H and O–H groups in total. The highest BCUT2D eigenvalue weighted by Crippen LogP contribution is 2.33. The molecule has 0 aliphatic carbocycles. The lowest BCUT2D eigenvalue weighted by molar-refractivity contribution is 0.357. The number of hydrogen-bond acceptors (Lipinski definition) is 4. The molecule has 0 amide bonds. The molecule has 0 spiro atoms. The molecular weight excluding hydrogens is 286 g/mol. The van der Waals surface area contributed by atoms with Crippen molar-refractivity contribution in [2.75, 3.05) is 18.1 Å². The average molecular weight is 310 g/mol. The standard InChI is InChI=1S/C16H23NOS2/c1-11-16(20-9-8-19-11)14(17)4-2-12-3-5-15-13(10-12)6-7-18-15/h3,5,10-11,14,16H,2,4,6-9,17H2,1H3. The maximum Gasteiger partial charge on any atom is 0.122 e. The van der Waals surface area contributed by atoms with Gasteiger partial charge in [-0.1, -0.05) is 19.1 Å². The van der Waals surface area contributed by atoms with Crippen LogP contribution in [0.15, 0.2) is 18.2 Å². The number of benzene rings is 1. The molecule has 1 fully saturated rings. The molecule has 2 aliphatic heterocycles. The van der Waals surface area contributed by atoms with Crippen LogP contribution < -0.4 is 10.5 Å².